The van der Waals surface area contributed by atoms with Gasteiger partial charge < -0.3 is 14.9 Å². The molecule has 1 N–H and O–H groups in total. The van der Waals surface area contributed by atoms with Crippen LogP contribution in [-0.4, -0.2) is 72.2 Å². The molecule has 0 aliphatic carbocycles. The number of benzene rings is 1. The number of aromatic nitrogens is 7. The zero-order valence-corrected chi connectivity index (χ0v) is 21.0. The molecule has 0 spiro atoms. The Morgan fingerprint density at radius 2 is 1.63 bits per heavy atom. The molecule has 0 bridgehead atoms. The fraction of sp³-hybridized carbons (Fsp3) is 0.296. The number of piperazine rings is 1. The van der Waals surface area contributed by atoms with Crippen LogP contribution in [0.5, 0.6) is 0 Å². The fourth-order valence-corrected chi connectivity index (χ4v) is 4.93. The molecule has 1 atom stereocenters. The maximum Gasteiger partial charge on any atom is 0.225 e. The molecule has 4 aromatic heterocycles. The van der Waals surface area contributed by atoms with Crippen molar-refractivity contribution in [2.24, 2.45) is 7.05 Å². The number of anilines is 2. The van der Waals surface area contributed by atoms with Gasteiger partial charge in [0.2, 0.25) is 5.95 Å². The minimum atomic E-state index is -0.287. The summed E-state index contributed by atoms with van der Waals surface area (Å²) >= 11 is 0. The van der Waals surface area contributed by atoms with Crippen molar-refractivity contribution in [3.63, 3.8) is 0 Å². The average Bonchev–Trinajstić information content (AvgIpc) is 3.59. The van der Waals surface area contributed by atoms with Crippen molar-refractivity contribution >= 4 is 17.3 Å². The van der Waals surface area contributed by atoms with Crippen LogP contribution in [0.15, 0.2) is 67.6 Å². The third-order valence-corrected chi connectivity index (χ3v) is 7.02. The highest BCUT2D eigenvalue weighted by atomic mass is 19.1. The second-order valence-electron chi connectivity index (χ2n) is 9.55. The van der Waals surface area contributed by atoms with Crippen molar-refractivity contribution in [2.75, 3.05) is 42.6 Å². The van der Waals surface area contributed by atoms with Crippen molar-refractivity contribution in [1.82, 2.24) is 34.3 Å². The van der Waals surface area contributed by atoms with E-state index in [2.05, 4.69) is 41.0 Å². The average molecular weight is 514 g/mol. The Hall–Kier alpha value is -4.38. The van der Waals surface area contributed by atoms with Gasteiger partial charge in [-0.25, -0.2) is 23.9 Å². The Morgan fingerprint density at radius 3 is 2.32 bits per heavy atom. The summed E-state index contributed by atoms with van der Waals surface area (Å²) in [7, 11) is 1.90. The van der Waals surface area contributed by atoms with Gasteiger partial charge >= 0.3 is 0 Å². The molecule has 11 heteroatoms. The molecule has 38 heavy (non-hydrogen) atoms. The first-order valence-electron chi connectivity index (χ1n) is 12.6. The van der Waals surface area contributed by atoms with Crippen LogP contribution in [0.4, 0.5) is 16.2 Å². The van der Waals surface area contributed by atoms with Crippen molar-refractivity contribution in [3.8, 4) is 11.1 Å². The highest BCUT2D eigenvalue weighted by Crippen LogP contribution is 2.27. The summed E-state index contributed by atoms with van der Waals surface area (Å²) in [6.45, 7) is 3.06. The summed E-state index contributed by atoms with van der Waals surface area (Å²) in [5.74, 6) is 1.17. The number of rotatable bonds is 7. The summed E-state index contributed by atoms with van der Waals surface area (Å²) < 4.78 is 16.9. The van der Waals surface area contributed by atoms with Crippen LogP contribution in [0.25, 0.3) is 16.6 Å². The first-order chi connectivity index (χ1) is 18.6. The SMILES string of the molecule is Cn1cc(-c2cc3c(N4CCN(c5ncc(C[C@@H](CO)c6ccc(F)cc6)cn5)CC4)ncnn3c2)cn1. The molecule has 1 saturated heterocycles. The summed E-state index contributed by atoms with van der Waals surface area (Å²) in [4.78, 5) is 18.2. The number of fused-ring (bicyclic) bond motifs is 1. The van der Waals surface area contributed by atoms with Gasteiger partial charge in [0, 0.05) is 75.1 Å². The van der Waals surface area contributed by atoms with Crippen LogP contribution < -0.4 is 9.80 Å². The number of halogens is 1. The normalized spacial score (nSPS) is 14.8. The molecule has 5 aromatic rings. The predicted octanol–water partition coefficient (Wildman–Crippen LogP) is 2.70. The lowest BCUT2D eigenvalue weighted by Crippen LogP contribution is -2.47. The highest BCUT2D eigenvalue weighted by molar-refractivity contribution is 5.77. The summed E-state index contributed by atoms with van der Waals surface area (Å²) in [6.07, 6.45) is 11.6. The van der Waals surface area contributed by atoms with Crippen LogP contribution in [0, 0.1) is 5.82 Å². The lowest BCUT2D eigenvalue weighted by molar-refractivity contribution is 0.264. The van der Waals surface area contributed by atoms with E-state index in [4.69, 9.17) is 0 Å². The molecule has 1 aliphatic heterocycles. The molecule has 10 nitrogen and oxygen atoms in total. The third kappa shape index (κ3) is 4.80. The molecule has 6 rings (SSSR count). The summed E-state index contributed by atoms with van der Waals surface area (Å²) in [5, 5.41) is 18.5. The van der Waals surface area contributed by atoms with E-state index in [-0.39, 0.29) is 18.3 Å². The first-order valence-corrected chi connectivity index (χ1v) is 12.6. The Bertz CT molecular complexity index is 1520. The Morgan fingerprint density at radius 1 is 0.895 bits per heavy atom. The summed E-state index contributed by atoms with van der Waals surface area (Å²) in [6, 6.07) is 8.36. The van der Waals surface area contributed by atoms with Gasteiger partial charge in [0.25, 0.3) is 0 Å². The quantitative estimate of drug-likeness (QED) is 0.355. The highest BCUT2D eigenvalue weighted by Gasteiger charge is 2.23. The van der Waals surface area contributed by atoms with E-state index in [0.717, 1.165) is 59.8 Å². The first kappa shape index (κ1) is 24.0. The van der Waals surface area contributed by atoms with Gasteiger partial charge in [-0.3, -0.25) is 4.68 Å². The predicted molar refractivity (Wildman–Crippen MR) is 142 cm³/mol. The molecule has 0 saturated carbocycles. The lowest BCUT2D eigenvalue weighted by atomic mass is 9.94. The lowest BCUT2D eigenvalue weighted by Gasteiger charge is -2.35. The summed E-state index contributed by atoms with van der Waals surface area (Å²) in [5.41, 5.74) is 4.87. The topological polar surface area (TPSA) is 100 Å². The van der Waals surface area contributed by atoms with E-state index in [0.29, 0.717) is 12.4 Å². The molecule has 1 aromatic carbocycles. The van der Waals surface area contributed by atoms with Crippen LogP contribution in [0.1, 0.15) is 17.0 Å². The maximum absolute atomic E-state index is 13.3. The van der Waals surface area contributed by atoms with Crippen LogP contribution >= 0.6 is 0 Å². The van der Waals surface area contributed by atoms with E-state index >= 15 is 0 Å². The minimum absolute atomic E-state index is 0.0307. The fourth-order valence-electron chi connectivity index (χ4n) is 4.93. The van der Waals surface area contributed by atoms with Gasteiger partial charge in [-0.05, 0) is 35.7 Å². The maximum atomic E-state index is 13.3. The molecule has 0 radical (unpaired) electrons. The Labute approximate surface area is 219 Å². The van der Waals surface area contributed by atoms with Gasteiger partial charge in [-0.2, -0.15) is 10.2 Å². The molecule has 1 fully saturated rings. The van der Waals surface area contributed by atoms with Gasteiger partial charge in [-0.15, -0.1) is 0 Å². The second-order valence-corrected chi connectivity index (χ2v) is 9.55. The van der Waals surface area contributed by atoms with Gasteiger partial charge in [0.1, 0.15) is 17.7 Å². The van der Waals surface area contributed by atoms with E-state index in [1.165, 1.54) is 12.1 Å². The van der Waals surface area contributed by atoms with Crippen molar-refractivity contribution in [2.45, 2.75) is 12.3 Å². The Balaban J connectivity index is 1.11. The van der Waals surface area contributed by atoms with Gasteiger partial charge in [-0.1, -0.05) is 12.1 Å². The standard InChI is InChI=1S/C27H28FN9O/c1-34-15-23(14-32-34)21-11-25-26(31-18-33-37(25)16-21)35-6-8-36(9-7-35)27-29-12-19(13-30-27)10-22(17-38)20-2-4-24(28)5-3-20/h2-5,11-16,18,22,38H,6-10,17H2,1H3/t22-/m0/s1. The number of hydrogen-bond donors (Lipinski definition) is 1. The number of nitrogens with zero attached hydrogens (tertiary/aromatic N) is 9. The molecule has 0 unspecified atom stereocenters. The Kier molecular flexibility index (Phi) is 6.42. The largest absolute Gasteiger partial charge is 0.396 e. The zero-order chi connectivity index (χ0) is 26.1. The molecule has 5 heterocycles. The van der Waals surface area contributed by atoms with Crippen molar-refractivity contribution in [1.29, 1.82) is 0 Å². The van der Waals surface area contributed by atoms with Gasteiger partial charge in [0.15, 0.2) is 5.82 Å². The van der Waals surface area contributed by atoms with Crippen LogP contribution in [0.3, 0.4) is 0 Å². The van der Waals surface area contributed by atoms with Crippen molar-refractivity contribution < 1.29 is 9.50 Å². The number of aryl methyl sites for hydroxylation is 1. The molecular formula is C27H28FN9O. The van der Waals surface area contributed by atoms with Crippen LogP contribution in [-0.2, 0) is 13.5 Å². The monoisotopic (exact) mass is 513 g/mol. The van der Waals surface area contributed by atoms with Crippen molar-refractivity contribution in [3.05, 3.63) is 84.6 Å². The molecular weight excluding hydrogens is 485 g/mol. The molecule has 1 aliphatic rings. The zero-order valence-electron chi connectivity index (χ0n) is 21.0. The van der Waals surface area contributed by atoms with E-state index in [1.54, 1.807) is 23.1 Å². The van der Waals surface area contributed by atoms with Crippen LogP contribution in [0.2, 0.25) is 0 Å². The number of aliphatic hydroxyl groups is 1. The molecule has 194 valence electrons. The van der Waals surface area contributed by atoms with Gasteiger partial charge in [0.05, 0.1) is 12.8 Å². The minimum Gasteiger partial charge on any atom is -0.396 e. The third-order valence-electron chi connectivity index (χ3n) is 7.02. The van der Waals surface area contributed by atoms with E-state index in [9.17, 15) is 9.50 Å². The molecule has 0 amide bonds. The van der Waals surface area contributed by atoms with E-state index < -0.39 is 0 Å². The second kappa shape index (κ2) is 10.2. The van der Waals surface area contributed by atoms with E-state index in [1.807, 2.05) is 42.5 Å². The smallest absolute Gasteiger partial charge is 0.225 e. The number of aliphatic hydroxyl groups excluding tert-OH is 1. The number of hydrogen-bond acceptors (Lipinski definition) is 8.